The Hall–Kier alpha value is -2.29. The van der Waals surface area contributed by atoms with Crippen LogP contribution < -0.4 is 5.43 Å². The summed E-state index contributed by atoms with van der Waals surface area (Å²) >= 11 is 10.6. The molecule has 6 nitrogen and oxygen atoms in total. The first-order valence-electron chi connectivity index (χ1n) is 6.97. The molecule has 1 heterocycles. The minimum absolute atomic E-state index is 0.0918. The molecule has 0 fully saturated rings. The van der Waals surface area contributed by atoms with E-state index >= 15 is 0 Å². The van der Waals surface area contributed by atoms with Gasteiger partial charge in [-0.15, -0.1) is 11.3 Å². The van der Waals surface area contributed by atoms with Crippen LogP contribution in [0.4, 0.5) is 10.8 Å². The van der Waals surface area contributed by atoms with E-state index in [9.17, 15) is 10.1 Å². The number of hydrazone groups is 1. The van der Waals surface area contributed by atoms with Crippen molar-refractivity contribution in [2.45, 2.75) is 0 Å². The SMILES string of the molecule is O=[N+]([O-])c1cc(/C=N\Nc2nc(-c3ccc(Br)cc3)cs2)ccc1Cl. The minimum Gasteiger partial charge on any atom is -0.258 e. The lowest BCUT2D eigenvalue weighted by Crippen LogP contribution is -1.93. The van der Waals surface area contributed by atoms with Crippen LogP contribution in [-0.2, 0) is 0 Å². The van der Waals surface area contributed by atoms with Crippen LogP contribution in [-0.4, -0.2) is 16.1 Å². The molecule has 0 saturated carbocycles. The van der Waals surface area contributed by atoms with Crippen LogP contribution in [0.3, 0.4) is 0 Å². The van der Waals surface area contributed by atoms with E-state index in [0.29, 0.717) is 10.7 Å². The normalized spacial score (nSPS) is 11.0. The highest BCUT2D eigenvalue weighted by Crippen LogP contribution is 2.26. The summed E-state index contributed by atoms with van der Waals surface area (Å²) in [6, 6.07) is 12.3. The molecule has 126 valence electrons. The van der Waals surface area contributed by atoms with Gasteiger partial charge in [0.05, 0.1) is 16.8 Å². The van der Waals surface area contributed by atoms with E-state index in [0.717, 1.165) is 15.7 Å². The number of rotatable bonds is 5. The third-order valence-electron chi connectivity index (χ3n) is 3.18. The van der Waals surface area contributed by atoms with Crippen LogP contribution in [0, 0.1) is 10.1 Å². The Balaban J connectivity index is 1.70. The van der Waals surface area contributed by atoms with E-state index < -0.39 is 4.92 Å². The van der Waals surface area contributed by atoms with Gasteiger partial charge in [0.25, 0.3) is 5.69 Å². The molecule has 3 aromatic rings. The fourth-order valence-corrected chi connectivity index (χ4v) is 3.11. The van der Waals surface area contributed by atoms with Crippen LogP contribution in [0.1, 0.15) is 5.56 Å². The molecular weight excluding hydrogens is 428 g/mol. The number of nitro groups is 1. The Kier molecular flexibility index (Phi) is 5.42. The maximum absolute atomic E-state index is 10.9. The highest BCUT2D eigenvalue weighted by molar-refractivity contribution is 9.10. The fraction of sp³-hybridized carbons (Fsp3) is 0. The van der Waals surface area contributed by atoms with Gasteiger partial charge in [-0.2, -0.15) is 5.10 Å². The molecule has 0 radical (unpaired) electrons. The van der Waals surface area contributed by atoms with E-state index in [1.165, 1.54) is 29.7 Å². The Morgan fingerprint density at radius 1 is 1.28 bits per heavy atom. The van der Waals surface area contributed by atoms with E-state index in [2.05, 4.69) is 31.4 Å². The third-order valence-corrected chi connectivity index (χ3v) is 4.78. The number of anilines is 1. The first-order chi connectivity index (χ1) is 12.0. The van der Waals surface area contributed by atoms with Crippen molar-refractivity contribution in [1.29, 1.82) is 0 Å². The number of benzene rings is 2. The molecule has 25 heavy (non-hydrogen) atoms. The lowest BCUT2D eigenvalue weighted by Gasteiger charge is -1.98. The molecule has 0 saturated heterocycles. The molecule has 2 aromatic carbocycles. The maximum atomic E-state index is 10.9. The maximum Gasteiger partial charge on any atom is 0.288 e. The molecule has 0 aliphatic rings. The van der Waals surface area contributed by atoms with Crippen LogP contribution in [0.25, 0.3) is 11.3 Å². The first kappa shape index (κ1) is 17.5. The molecule has 0 atom stereocenters. The van der Waals surface area contributed by atoms with Crippen molar-refractivity contribution < 1.29 is 4.92 Å². The second kappa shape index (κ2) is 7.73. The summed E-state index contributed by atoms with van der Waals surface area (Å²) in [5.74, 6) is 0. The lowest BCUT2D eigenvalue weighted by molar-refractivity contribution is -0.384. The van der Waals surface area contributed by atoms with E-state index in [1.54, 1.807) is 6.07 Å². The second-order valence-electron chi connectivity index (χ2n) is 4.88. The van der Waals surface area contributed by atoms with Crippen molar-refractivity contribution >= 4 is 55.9 Å². The summed E-state index contributed by atoms with van der Waals surface area (Å²) in [6.07, 6.45) is 1.48. The Morgan fingerprint density at radius 2 is 2.04 bits per heavy atom. The number of nitrogens with one attached hydrogen (secondary N) is 1. The van der Waals surface area contributed by atoms with Crippen molar-refractivity contribution in [3.8, 4) is 11.3 Å². The molecule has 1 aromatic heterocycles. The van der Waals surface area contributed by atoms with Gasteiger partial charge >= 0.3 is 0 Å². The molecule has 3 rings (SSSR count). The first-order valence-corrected chi connectivity index (χ1v) is 9.02. The Morgan fingerprint density at radius 3 is 2.76 bits per heavy atom. The van der Waals surface area contributed by atoms with Gasteiger partial charge in [0.2, 0.25) is 5.13 Å². The smallest absolute Gasteiger partial charge is 0.258 e. The number of hydrogen-bond acceptors (Lipinski definition) is 6. The van der Waals surface area contributed by atoms with E-state index in [4.69, 9.17) is 11.6 Å². The van der Waals surface area contributed by atoms with Gasteiger partial charge < -0.3 is 0 Å². The molecule has 1 N–H and O–H groups in total. The largest absolute Gasteiger partial charge is 0.288 e. The third kappa shape index (κ3) is 4.41. The molecule has 9 heteroatoms. The molecule has 0 aliphatic heterocycles. The molecule has 0 amide bonds. The number of aromatic nitrogens is 1. The zero-order valence-electron chi connectivity index (χ0n) is 12.5. The van der Waals surface area contributed by atoms with Crippen molar-refractivity contribution in [3.05, 3.63) is 73.0 Å². The lowest BCUT2D eigenvalue weighted by atomic mass is 10.2. The molecule has 0 aliphatic carbocycles. The molecule has 0 bridgehead atoms. The minimum atomic E-state index is -0.529. The highest BCUT2D eigenvalue weighted by atomic mass is 79.9. The predicted molar refractivity (Wildman–Crippen MR) is 105 cm³/mol. The molecule has 0 spiro atoms. The molecular formula is C16H10BrClN4O2S. The van der Waals surface area contributed by atoms with Crippen molar-refractivity contribution in [1.82, 2.24) is 4.98 Å². The quantitative estimate of drug-likeness (QED) is 0.321. The highest BCUT2D eigenvalue weighted by Gasteiger charge is 2.11. The zero-order chi connectivity index (χ0) is 17.8. The number of thiazole rings is 1. The van der Waals surface area contributed by atoms with Crippen molar-refractivity contribution in [3.63, 3.8) is 0 Å². The summed E-state index contributed by atoms with van der Waals surface area (Å²) in [5, 5.41) is 17.6. The number of hydrogen-bond donors (Lipinski definition) is 1. The van der Waals surface area contributed by atoms with Crippen LogP contribution >= 0.6 is 38.9 Å². The van der Waals surface area contributed by atoms with Gasteiger partial charge in [-0.05, 0) is 18.2 Å². The Bertz CT molecular complexity index is 944. The summed E-state index contributed by atoms with van der Waals surface area (Å²) in [4.78, 5) is 14.8. The molecule has 0 unspecified atom stereocenters. The van der Waals surface area contributed by atoms with E-state index in [1.807, 2.05) is 29.6 Å². The summed E-state index contributed by atoms with van der Waals surface area (Å²) in [5.41, 5.74) is 5.08. The van der Waals surface area contributed by atoms with Gasteiger partial charge in [0.1, 0.15) is 5.02 Å². The summed E-state index contributed by atoms with van der Waals surface area (Å²) < 4.78 is 1.01. The summed E-state index contributed by atoms with van der Waals surface area (Å²) in [7, 11) is 0. The van der Waals surface area contributed by atoms with Gasteiger partial charge in [0.15, 0.2) is 0 Å². The zero-order valence-corrected chi connectivity index (χ0v) is 15.7. The Labute approximate surface area is 160 Å². The summed E-state index contributed by atoms with van der Waals surface area (Å²) in [6.45, 7) is 0. The predicted octanol–water partition coefficient (Wildman–Crippen LogP) is 5.58. The number of nitrogens with zero attached hydrogens (tertiary/aromatic N) is 3. The average Bonchev–Trinajstić information content (AvgIpc) is 3.05. The van der Waals surface area contributed by atoms with Crippen LogP contribution in [0.5, 0.6) is 0 Å². The second-order valence-corrected chi connectivity index (χ2v) is 7.06. The van der Waals surface area contributed by atoms with Gasteiger partial charge in [-0.3, -0.25) is 15.5 Å². The monoisotopic (exact) mass is 436 g/mol. The number of halogens is 2. The topological polar surface area (TPSA) is 80.4 Å². The standard InChI is InChI=1S/C16H10BrClN4O2S/c17-12-4-2-11(3-5-12)14-9-25-16(20-14)21-19-8-10-1-6-13(18)15(7-10)22(23)24/h1-9H,(H,20,21)/b19-8-. The van der Waals surface area contributed by atoms with E-state index in [-0.39, 0.29) is 10.7 Å². The van der Waals surface area contributed by atoms with Crippen molar-refractivity contribution in [2.75, 3.05) is 5.43 Å². The van der Waals surface area contributed by atoms with Crippen molar-refractivity contribution in [2.24, 2.45) is 5.10 Å². The van der Waals surface area contributed by atoms with Crippen LogP contribution in [0.2, 0.25) is 5.02 Å². The van der Waals surface area contributed by atoms with Gasteiger partial charge in [-0.1, -0.05) is 45.7 Å². The van der Waals surface area contributed by atoms with Gasteiger partial charge in [0, 0.05) is 27.0 Å². The fourth-order valence-electron chi connectivity index (χ4n) is 1.99. The van der Waals surface area contributed by atoms with Gasteiger partial charge in [-0.25, -0.2) is 4.98 Å². The average molecular weight is 438 g/mol. The number of nitro benzene ring substituents is 1. The van der Waals surface area contributed by atoms with Crippen LogP contribution in [0.15, 0.2) is 57.4 Å².